The summed E-state index contributed by atoms with van der Waals surface area (Å²) in [5, 5.41) is 9.63. The number of aromatic amines is 2. The van der Waals surface area contributed by atoms with E-state index in [1.165, 1.54) is 0 Å². The van der Waals surface area contributed by atoms with Crippen LogP contribution in [0.4, 0.5) is 0 Å². The average molecular weight is 293 g/mol. The van der Waals surface area contributed by atoms with Crippen molar-refractivity contribution in [2.75, 3.05) is 19.7 Å². The molecule has 1 fully saturated rings. The first-order chi connectivity index (χ1) is 9.99. The monoisotopic (exact) mass is 293 g/mol. The second-order valence-corrected chi connectivity index (χ2v) is 5.48. The van der Waals surface area contributed by atoms with Gasteiger partial charge in [-0.3, -0.25) is 14.6 Å². The number of amides is 1. The smallest absolute Gasteiger partial charge is 0.326 e. The van der Waals surface area contributed by atoms with Gasteiger partial charge in [-0.05, 0) is 19.3 Å². The molecule has 1 aliphatic rings. The first-order valence-corrected chi connectivity index (χ1v) is 6.84. The second kappa shape index (κ2) is 6.09. The summed E-state index contributed by atoms with van der Waals surface area (Å²) in [6.45, 7) is 4.57. The number of nitrogens with one attached hydrogen (secondary N) is 2. The molecule has 0 unspecified atom stereocenters. The van der Waals surface area contributed by atoms with Crippen molar-refractivity contribution in [2.45, 2.75) is 19.3 Å². The standard InChI is InChI=1S/C14H19N3O4/c1-2-4-14(9-18)5-3-6-17(8-14)12(20)10-7-11(19)16-13(21)15-10/h2,7,18H,1,3-6,8-9H2,(H2,15,16,19,21)/t14-/m1/s1. The number of rotatable bonds is 4. The van der Waals surface area contributed by atoms with Gasteiger partial charge in [0.25, 0.3) is 11.5 Å². The largest absolute Gasteiger partial charge is 0.396 e. The molecule has 0 spiro atoms. The van der Waals surface area contributed by atoms with Crippen LogP contribution in [0.25, 0.3) is 0 Å². The molecular formula is C14H19N3O4. The maximum absolute atomic E-state index is 12.4. The van der Waals surface area contributed by atoms with Crippen LogP contribution in [0.1, 0.15) is 29.8 Å². The second-order valence-electron chi connectivity index (χ2n) is 5.48. The fourth-order valence-electron chi connectivity index (χ4n) is 2.80. The van der Waals surface area contributed by atoms with E-state index in [0.717, 1.165) is 18.9 Å². The van der Waals surface area contributed by atoms with Crippen LogP contribution in [0.2, 0.25) is 0 Å². The molecule has 114 valence electrons. The maximum atomic E-state index is 12.4. The van der Waals surface area contributed by atoms with Gasteiger partial charge in [-0.1, -0.05) is 6.08 Å². The molecule has 3 N–H and O–H groups in total. The van der Waals surface area contributed by atoms with Gasteiger partial charge in [-0.15, -0.1) is 6.58 Å². The molecule has 7 heteroatoms. The number of piperidine rings is 1. The van der Waals surface area contributed by atoms with Gasteiger partial charge in [0.15, 0.2) is 0 Å². The van der Waals surface area contributed by atoms with Crippen molar-refractivity contribution in [3.8, 4) is 0 Å². The Hall–Kier alpha value is -2.15. The summed E-state index contributed by atoms with van der Waals surface area (Å²) < 4.78 is 0. The molecule has 1 saturated heterocycles. The van der Waals surface area contributed by atoms with Crippen molar-refractivity contribution in [1.82, 2.24) is 14.9 Å². The minimum absolute atomic E-state index is 0.0314. The summed E-state index contributed by atoms with van der Waals surface area (Å²) in [5.74, 6) is -0.403. The molecule has 1 aromatic rings. The Morgan fingerprint density at radius 2 is 2.24 bits per heavy atom. The Kier molecular flexibility index (Phi) is 4.42. The maximum Gasteiger partial charge on any atom is 0.326 e. The molecule has 2 heterocycles. The molecule has 1 amide bonds. The van der Waals surface area contributed by atoms with Crippen molar-refractivity contribution in [3.05, 3.63) is 45.3 Å². The van der Waals surface area contributed by atoms with Crippen LogP contribution in [0.3, 0.4) is 0 Å². The lowest BCUT2D eigenvalue weighted by Crippen LogP contribution is -2.48. The first-order valence-electron chi connectivity index (χ1n) is 6.84. The summed E-state index contributed by atoms with van der Waals surface area (Å²) in [6, 6.07) is 1.08. The lowest BCUT2D eigenvalue weighted by atomic mass is 9.78. The molecule has 0 aliphatic carbocycles. The predicted molar refractivity (Wildman–Crippen MR) is 77.2 cm³/mol. The quantitative estimate of drug-likeness (QED) is 0.671. The number of carbonyl (C=O) groups is 1. The minimum Gasteiger partial charge on any atom is -0.396 e. The fourth-order valence-corrected chi connectivity index (χ4v) is 2.80. The molecule has 7 nitrogen and oxygen atoms in total. The normalized spacial score (nSPS) is 22.0. The Morgan fingerprint density at radius 1 is 1.48 bits per heavy atom. The number of H-pyrrole nitrogens is 2. The molecule has 1 atom stereocenters. The van der Waals surface area contributed by atoms with Gasteiger partial charge in [-0.25, -0.2) is 4.79 Å². The number of hydrogen-bond acceptors (Lipinski definition) is 4. The molecule has 0 aromatic carbocycles. The summed E-state index contributed by atoms with van der Waals surface area (Å²) in [5.41, 5.74) is -1.74. The first kappa shape index (κ1) is 15.2. The van der Waals surface area contributed by atoms with E-state index in [0.29, 0.717) is 19.5 Å². The molecule has 21 heavy (non-hydrogen) atoms. The summed E-state index contributed by atoms with van der Waals surface area (Å²) in [6.07, 6.45) is 3.91. The Labute approximate surface area is 121 Å². The molecule has 1 aliphatic heterocycles. The zero-order valence-electron chi connectivity index (χ0n) is 11.7. The van der Waals surface area contributed by atoms with Gasteiger partial charge in [0.2, 0.25) is 0 Å². The van der Waals surface area contributed by atoms with Crippen LogP contribution in [0, 0.1) is 5.41 Å². The minimum atomic E-state index is -0.706. The van der Waals surface area contributed by atoms with Crippen LogP contribution < -0.4 is 11.2 Å². The summed E-state index contributed by atoms with van der Waals surface area (Å²) in [7, 11) is 0. The zero-order chi connectivity index (χ0) is 15.5. The molecular weight excluding hydrogens is 274 g/mol. The van der Waals surface area contributed by atoms with E-state index in [1.807, 2.05) is 4.98 Å². The molecule has 0 radical (unpaired) electrons. The highest BCUT2D eigenvalue weighted by Gasteiger charge is 2.36. The SMILES string of the molecule is C=CC[C@@]1(CO)CCCN(C(=O)c2cc(=O)[nH]c(=O)[nH]2)C1. The zero-order valence-corrected chi connectivity index (χ0v) is 11.7. The molecule has 0 bridgehead atoms. The van der Waals surface area contributed by atoms with Gasteiger partial charge in [0.05, 0.1) is 6.61 Å². The van der Waals surface area contributed by atoms with Crippen molar-refractivity contribution >= 4 is 5.91 Å². The number of likely N-dealkylation sites (tertiary alicyclic amines) is 1. The van der Waals surface area contributed by atoms with E-state index >= 15 is 0 Å². The van der Waals surface area contributed by atoms with Gasteiger partial charge in [0.1, 0.15) is 5.69 Å². The molecule has 1 aromatic heterocycles. The Balaban J connectivity index is 2.24. The average Bonchev–Trinajstić information content (AvgIpc) is 2.46. The third kappa shape index (κ3) is 3.30. The van der Waals surface area contributed by atoms with Crippen molar-refractivity contribution in [1.29, 1.82) is 0 Å². The number of aromatic nitrogens is 2. The highest BCUT2D eigenvalue weighted by atomic mass is 16.3. The number of carbonyl (C=O) groups excluding carboxylic acids is 1. The fraction of sp³-hybridized carbons (Fsp3) is 0.500. The number of nitrogens with zero attached hydrogens (tertiary/aromatic N) is 1. The molecule has 0 saturated carbocycles. The Morgan fingerprint density at radius 3 is 2.86 bits per heavy atom. The van der Waals surface area contributed by atoms with Crippen LogP contribution >= 0.6 is 0 Å². The van der Waals surface area contributed by atoms with Crippen LogP contribution in [-0.4, -0.2) is 45.6 Å². The van der Waals surface area contributed by atoms with E-state index in [2.05, 4.69) is 11.6 Å². The van der Waals surface area contributed by atoms with E-state index in [9.17, 15) is 19.5 Å². The van der Waals surface area contributed by atoms with Crippen LogP contribution in [-0.2, 0) is 0 Å². The third-order valence-electron chi connectivity index (χ3n) is 3.85. The van der Waals surface area contributed by atoms with Gasteiger partial charge >= 0.3 is 5.69 Å². The number of aliphatic hydroxyl groups excluding tert-OH is 1. The van der Waals surface area contributed by atoms with Crippen LogP contribution in [0.15, 0.2) is 28.3 Å². The lowest BCUT2D eigenvalue weighted by Gasteiger charge is -2.41. The highest BCUT2D eigenvalue weighted by Crippen LogP contribution is 2.33. The molecule has 2 rings (SSSR count). The van der Waals surface area contributed by atoms with Gasteiger partial charge < -0.3 is 15.0 Å². The Bertz CT molecular complexity index is 620. The van der Waals surface area contributed by atoms with Gasteiger partial charge in [0, 0.05) is 24.6 Å². The van der Waals surface area contributed by atoms with E-state index in [1.54, 1.807) is 11.0 Å². The third-order valence-corrected chi connectivity index (χ3v) is 3.85. The number of aliphatic hydroxyl groups is 1. The lowest BCUT2D eigenvalue weighted by molar-refractivity contribution is 0.0281. The van der Waals surface area contributed by atoms with E-state index in [-0.39, 0.29) is 12.3 Å². The van der Waals surface area contributed by atoms with Crippen molar-refractivity contribution in [3.63, 3.8) is 0 Å². The van der Waals surface area contributed by atoms with E-state index < -0.39 is 22.6 Å². The topological polar surface area (TPSA) is 106 Å². The van der Waals surface area contributed by atoms with E-state index in [4.69, 9.17) is 0 Å². The van der Waals surface area contributed by atoms with Crippen molar-refractivity contribution in [2.24, 2.45) is 5.41 Å². The summed E-state index contributed by atoms with van der Waals surface area (Å²) in [4.78, 5) is 40.9. The predicted octanol–water partition coefficient (Wildman–Crippen LogP) is -0.146. The van der Waals surface area contributed by atoms with Crippen LogP contribution in [0.5, 0.6) is 0 Å². The van der Waals surface area contributed by atoms with Crippen molar-refractivity contribution < 1.29 is 9.90 Å². The van der Waals surface area contributed by atoms with Gasteiger partial charge in [-0.2, -0.15) is 0 Å². The highest BCUT2D eigenvalue weighted by molar-refractivity contribution is 5.92. The summed E-state index contributed by atoms with van der Waals surface area (Å²) >= 11 is 0. The number of hydrogen-bond donors (Lipinski definition) is 3. The number of allylic oxidation sites excluding steroid dienone is 1.